The maximum absolute atomic E-state index is 12.1. The number of rotatable bonds is 4. The molecule has 2 aliphatic rings. The van der Waals surface area contributed by atoms with Crippen LogP contribution in [-0.4, -0.2) is 76.9 Å². The molecule has 0 bridgehead atoms. The van der Waals surface area contributed by atoms with Crippen molar-refractivity contribution in [3.8, 4) is 0 Å². The van der Waals surface area contributed by atoms with Crippen molar-refractivity contribution in [1.29, 1.82) is 0 Å². The lowest BCUT2D eigenvalue weighted by Gasteiger charge is -2.36. The molecule has 0 spiro atoms. The van der Waals surface area contributed by atoms with Crippen molar-refractivity contribution in [3.63, 3.8) is 0 Å². The fourth-order valence-electron chi connectivity index (χ4n) is 3.36. The number of carbonyl (C=O) groups excluding carboxylic acids is 1. The number of aliphatic hydroxyl groups excluding tert-OH is 1. The number of β-amino-alcohol motifs (C(OH)–C–C–N with tert-alkyl or cyclic N) is 1. The van der Waals surface area contributed by atoms with E-state index >= 15 is 0 Å². The zero-order chi connectivity index (χ0) is 17.0. The Morgan fingerprint density at radius 1 is 1.26 bits per heavy atom. The minimum Gasteiger partial charge on any atom is -0.444 e. The van der Waals surface area contributed by atoms with Crippen LogP contribution in [0.5, 0.6) is 0 Å². The summed E-state index contributed by atoms with van der Waals surface area (Å²) in [5.74, 6) is 0.294. The minimum atomic E-state index is -0.447. The first kappa shape index (κ1) is 18.9. The van der Waals surface area contributed by atoms with E-state index in [1.807, 2.05) is 32.5 Å². The molecule has 0 aromatic carbocycles. The van der Waals surface area contributed by atoms with Crippen LogP contribution >= 0.6 is 11.8 Å². The summed E-state index contributed by atoms with van der Waals surface area (Å²) in [6.07, 6.45) is 4.60. The van der Waals surface area contributed by atoms with Crippen LogP contribution in [0.2, 0.25) is 0 Å². The fraction of sp³-hybridized carbons (Fsp3) is 0.941. The van der Waals surface area contributed by atoms with Crippen molar-refractivity contribution in [1.82, 2.24) is 9.80 Å². The van der Waals surface area contributed by atoms with E-state index in [0.717, 1.165) is 37.7 Å². The van der Waals surface area contributed by atoms with Gasteiger partial charge in [-0.25, -0.2) is 4.79 Å². The summed E-state index contributed by atoms with van der Waals surface area (Å²) in [7, 11) is 0. The summed E-state index contributed by atoms with van der Waals surface area (Å²) in [5, 5.41) is 11.2. The predicted octanol–water partition coefficient (Wildman–Crippen LogP) is 2.43. The van der Waals surface area contributed by atoms with Gasteiger partial charge in [-0.05, 0) is 58.8 Å². The van der Waals surface area contributed by atoms with Gasteiger partial charge in [0.25, 0.3) is 0 Å². The molecule has 2 atom stereocenters. The molecule has 23 heavy (non-hydrogen) atoms. The molecule has 2 fully saturated rings. The van der Waals surface area contributed by atoms with Crippen molar-refractivity contribution in [2.24, 2.45) is 5.92 Å². The van der Waals surface area contributed by atoms with Crippen LogP contribution in [0.1, 0.15) is 40.0 Å². The van der Waals surface area contributed by atoms with Gasteiger partial charge in [0.05, 0.1) is 6.10 Å². The highest BCUT2D eigenvalue weighted by atomic mass is 32.2. The SMILES string of the molecule is CS[C@H]1CCN(C[C@@H](O)C2CCN(C(=O)OC(C)(C)C)CC2)C1. The topological polar surface area (TPSA) is 53.0 Å². The van der Waals surface area contributed by atoms with Gasteiger partial charge in [-0.15, -0.1) is 0 Å². The standard InChI is InChI=1S/C17H32N2O3S/c1-17(2,3)22-16(21)19-9-5-13(6-10-19)15(20)12-18-8-7-14(11-18)23-4/h13-15,20H,5-12H2,1-4H3/t14-,15+/m0/s1. The molecule has 0 aliphatic carbocycles. The zero-order valence-electron chi connectivity index (χ0n) is 15.0. The largest absolute Gasteiger partial charge is 0.444 e. The van der Waals surface area contributed by atoms with Crippen LogP contribution in [0.25, 0.3) is 0 Å². The average Bonchev–Trinajstić information content (AvgIpc) is 2.93. The zero-order valence-corrected chi connectivity index (χ0v) is 15.8. The van der Waals surface area contributed by atoms with E-state index in [1.165, 1.54) is 6.42 Å². The first-order chi connectivity index (χ1) is 10.8. The maximum Gasteiger partial charge on any atom is 0.410 e. The van der Waals surface area contributed by atoms with Gasteiger partial charge in [0.15, 0.2) is 0 Å². The summed E-state index contributed by atoms with van der Waals surface area (Å²) in [6.45, 7) is 9.99. The molecule has 0 saturated carbocycles. The first-order valence-electron chi connectivity index (χ1n) is 8.69. The lowest BCUT2D eigenvalue weighted by molar-refractivity contribution is 0.00340. The number of ether oxygens (including phenoxy) is 1. The van der Waals surface area contributed by atoms with E-state index in [1.54, 1.807) is 4.90 Å². The number of thioether (sulfide) groups is 1. The third-order valence-corrected chi connectivity index (χ3v) is 5.79. The van der Waals surface area contributed by atoms with Crippen molar-refractivity contribution < 1.29 is 14.6 Å². The number of piperidine rings is 1. The molecule has 0 radical (unpaired) electrons. The first-order valence-corrected chi connectivity index (χ1v) is 9.98. The highest BCUT2D eigenvalue weighted by Gasteiger charge is 2.32. The Kier molecular flexibility index (Phi) is 6.63. The fourth-order valence-corrected chi connectivity index (χ4v) is 4.06. The molecule has 2 saturated heterocycles. The quantitative estimate of drug-likeness (QED) is 0.849. The Morgan fingerprint density at radius 3 is 2.43 bits per heavy atom. The van der Waals surface area contributed by atoms with Crippen molar-refractivity contribution in [3.05, 3.63) is 0 Å². The van der Waals surface area contributed by atoms with Gasteiger partial charge in [0, 0.05) is 31.4 Å². The van der Waals surface area contributed by atoms with Gasteiger partial charge in [0.1, 0.15) is 5.60 Å². The highest BCUT2D eigenvalue weighted by Crippen LogP contribution is 2.25. The van der Waals surface area contributed by atoms with Crippen LogP contribution in [0.4, 0.5) is 4.79 Å². The number of amides is 1. The van der Waals surface area contributed by atoms with Crippen LogP contribution in [0.15, 0.2) is 0 Å². The van der Waals surface area contributed by atoms with Gasteiger partial charge in [-0.2, -0.15) is 11.8 Å². The molecular weight excluding hydrogens is 312 g/mol. The summed E-state index contributed by atoms with van der Waals surface area (Å²) in [5.41, 5.74) is -0.447. The van der Waals surface area contributed by atoms with E-state index in [4.69, 9.17) is 4.74 Å². The third-order valence-electron chi connectivity index (χ3n) is 4.74. The highest BCUT2D eigenvalue weighted by molar-refractivity contribution is 7.99. The van der Waals surface area contributed by atoms with Crippen molar-refractivity contribution in [2.75, 3.05) is 39.0 Å². The molecule has 0 unspecified atom stereocenters. The second-order valence-corrected chi connectivity index (χ2v) is 8.92. The van der Waals surface area contributed by atoms with Crippen molar-refractivity contribution >= 4 is 17.9 Å². The van der Waals surface area contributed by atoms with E-state index in [0.29, 0.717) is 19.0 Å². The molecule has 0 aromatic rings. The van der Waals surface area contributed by atoms with Crippen LogP contribution in [0, 0.1) is 5.92 Å². The minimum absolute atomic E-state index is 0.229. The molecule has 1 N–H and O–H groups in total. The Bertz CT molecular complexity index is 392. The van der Waals surface area contributed by atoms with Gasteiger partial charge in [-0.1, -0.05) is 0 Å². The van der Waals surface area contributed by atoms with E-state index in [9.17, 15) is 9.90 Å². The van der Waals surface area contributed by atoms with E-state index < -0.39 is 5.60 Å². The van der Waals surface area contributed by atoms with Crippen LogP contribution in [-0.2, 0) is 4.74 Å². The lowest BCUT2D eigenvalue weighted by atomic mass is 9.91. The number of hydrogen-bond acceptors (Lipinski definition) is 5. The number of likely N-dealkylation sites (tertiary alicyclic amines) is 2. The van der Waals surface area contributed by atoms with Crippen molar-refractivity contribution in [2.45, 2.75) is 57.0 Å². The molecule has 5 nitrogen and oxygen atoms in total. The smallest absolute Gasteiger partial charge is 0.410 e. The number of nitrogens with zero attached hydrogens (tertiary/aromatic N) is 2. The molecule has 6 heteroatoms. The maximum atomic E-state index is 12.1. The third kappa shape index (κ3) is 5.84. The molecule has 134 valence electrons. The molecule has 2 rings (SSSR count). The number of hydrogen-bond donors (Lipinski definition) is 1. The second-order valence-electron chi connectivity index (χ2n) is 7.78. The normalized spacial score (nSPS) is 25.6. The molecule has 2 aliphatic heterocycles. The summed E-state index contributed by atoms with van der Waals surface area (Å²) in [4.78, 5) is 16.2. The molecule has 1 amide bonds. The Balaban J connectivity index is 1.72. The van der Waals surface area contributed by atoms with Gasteiger partial charge in [0.2, 0.25) is 0 Å². The Morgan fingerprint density at radius 2 is 1.91 bits per heavy atom. The number of aliphatic hydroxyl groups is 1. The monoisotopic (exact) mass is 344 g/mol. The molecular formula is C17H32N2O3S. The van der Waals surface area contributed by atoms with Gasteiger partial charge in [-0.3, -0.25) is 4.90 Å². The van der Waals surface area contributed by atoms with E-state index in [2.05, 4.69) is 11.2 Å². The Hall–Kier alpha value is -0.460. The Labute approximate surface area is 144 Å². The summed E-state index contributed by atoms with van der Waals surface area (Å²) < 4.78 is 5.42. The van der Waals surface area contributed by atoms with E-state index in [-0.39, 0.29) is 12.2 Å². The average molecular weight is 345 g/mol. The molecule has 2 heterocycles. The lowest BCUT2D eigenvalue weighted by Crippen LogP contribution is -2.45. The van der Waals surface area contributed by atoms with Gasteiger partial charge >= 0.3 is 6.09 Å². The second kappa shape index (κ2) is 8.08. The van der Waals surface area contributed by atoms with Gasteiger partial charge < -0.3 is 14.7 Å². The van der Waals surface area contributed by atoms with Crippen LogP contribution in [0.3, 0.4) is 0 Å². The number of carbonyl (C=O) groups is 1. The summed E-state index contributed by atoms with van der Waals surface area (Å²) in [6, 6.07) is 0. The predicted molar refractivity (Wildman–Crippen MR) is 94.9 cm³/mol. The summed E-state index contributed by atoms with van der Waals surface area (Å²) >= 11 is 1.93. The van der Waals surface area contributed by atoms with Crippen LogP contribution < -0.4 is 0 Å². The molecule has 0 aromatic heterocycles.